The largest absolute Gasteiger partial charge is 0.451 e. The van der Waals surface area contributed by atoms with E-state index >= 15 is 0 Å². The second-order valence-corrected chi connectivity index (χ2v) is 6.34. The van der Waals surface area contributed by atoms with Crippen molar-refractivity contribution in [3.8, 4) is 5.69 Å². The molecule has 1 amide bonds. The lowest BCUT2D eigenvalue weighted by atomic mass is 9.95. The minimum atomic E-state index is -4.55. The highest BCUT2D eigenvalue weighted by atomic mass is 19.4. The minimum Gasteiger partial charge on any atom is -0.451 e. The smallest absolute Gasteiger partial charge is 0.405 e. The second-order valence-electron chi connectivity index (χ2n) is 6.34. The number of benzene rings is 1. The molecule has 0 unspecified atom stereocenters. The summed E-state index contributed by atoms with van der Waals surface area (Å²) in [6.07, 6.45) is -1.56. The van der Waals surface area contributed by atoms with Gasteiger partial charge in [-0.1, -0.05) is 0 Å². The van der Waals surface area contributed by atoms with Crippen molar-refractivity contribution in [1.29, 1.82) is 0 Å². The molecule has 0 aliphatic heterocycles. The molecular formula is C18H17F4N3O3. The number of nitrogens with zero attached hydrogens (tertiary/aromatic N) is 2. The number of hydrogen-bond acceptors (Lipinski definition) is 4. The molecule has 0 saturated heterocycles. The first kappa shape index (κ1) is 19.8. The molecule has 0 saturated carbocycles. The van der Waals surface area contributed by atoms with Gasteiger partial charge >= 0.3 is 12.1 Å². The van der Waals surface area contributed by atoms with Gasteiger partial charge in [0.15, 0.2) is 12.3 Å². The highest BCUT2D eigenvalue weighted by Gasteiger charge is 2.29. The van der Waals surface area contributed by atoms with Crippen LogP contribution >= 0.6 is 0 Å². The van der Waals surface area contributed by atoms with E-state index in [2.05, 4.69) is 5.10 Å². The third-order valence-corrected chi connectivity index (χ3v) is 4.27. The Hall–Kier alpha value is -2.91. The van der Waals surface area contributed by atoms with Gasteiger partial charge in [-0.3, -0.25) is 4.79 Å². The highest BCUT2D eigenvalue weighted by molar-refractivity contribution is 5.91. The monoisotopic (exact) mass is 399 g/mol. The molecule has 1 heterocycles. The van der Waals surface area contributed by atoms with Crippen LogP contribution in [-0.2, 0) is 22.4 Å². The maximum absolute atomic E-state index is 13.2. The molecule has 1 aromatic heterocycles. The zero-order valence-electron chi connectivity index (χ0n) is 14.7. The minimum absolute atomic E-state index is 0.0163. The average Bonchev–Trinajstić information content (AvgIpc) is 3.04. The van der Waals surface area contributed by atoms with E-state index < -0.39 is 37.0 Å². The number of nitrogens with one attached hydrogen (secondary N) is 1. The molecule has 1 aliphatic rings. The summed E-state index contributed by atoms with van der Waals surface area (Å²) in [7, 11) is 0. The normalized spacial score (nSPS) is 13.7. The van der Waals surface area contributed by atoms with Crippen molar-refractivity contribution in [2.24, 2.45) is 0 Å². The summed E-state index contributed by atoms with van der Waals surface area (Å²) in [5.41, 5.74) is 2.06. The van der Waals surface area contributed by atoms with E-state index in [-0.39, 0.29) is 5.69 Å². The number of alkyl halides is 3. The summed E-state index contributed by atoms with van der Waals surface area (Å²) in [6, 6.07) is 5.60. The Morgan fingerprint density at radius 3 is 2.50 bits per heavy atom. The number of hydrogen-bond donors (Lipinski definition) is 1. The molecule has 6 nitrogen and oxygen atoms in total. The molecule has 1 aromatic carbocycles. The van der Waals surface area contributed by atoms with E-state index in [1.807, 2.05) is 0 Å². The average molecular weight is 399 g/mol. The summed E-state index contributed by atoms with van der Waals surface area (Å²) in [4.78, 5) is 23.8. The van der Waals surface area contributed by atoms with Crippen LogP contribution in [0.5, 0.6) is 0 Å². The van der Waals surface area contributed by atoms with Gasteiger partial charge in [-0.2, -0.15) is 18.3 Å². The fourth-order valence-corrected chi connectivity index (χ4v) is 3.01. The summed E-state index contributed by atoms with van der Waals surface area (Å²) in [5.74, 6) is -2.35. The van der Waals surface area contributed by atoms with Crippen molar-refractivity contribution in [2.45, 2.75) is 31.9 Å². The molecule has 0 spiro atoms. The summed E-state index contributed by atoms with van der Waals surface area (Å²) < 4.78 is 55.8. The van der Waals surface area contributed by atoms with Gasteiger partial charge in [0.05, 0.1) is 5.69 Å². The van der Waals surface area contributed by atoms with Gasteiger partial charge in [0, 0.05) is 11.3 Å². The Balaban J connectivity index is 1.75. The van der Waals surface area contributed by atoms with Crippen LogP contribution in [0.4, 0.5) is 17.6 Å². The number of carbonyl (C=O) groups is 2. The quantitative estimate of drug-likeness (QED) is 0.620. The van der Waals surface area contributed by atoms with Gasteiger partial charge in [0.2, 0.25) is 0 Å². The Kier molecular flexibility index (Phi) is 5.66. The van der Waals surface area contributed by atoms with Gasteiger partial charge in [0.25, 0.3) is 5.91 Å². The first-order valence-corrected chi connectivity index (χ1v) is 8.62. The van der Waals surface area contributed by atoms with E-state index in [4.69, 9.17) is 4.74 Å². The third-order valence-electron chi connectivity index (χ3n) is 4.27. The number of halogens is 4. The predicted molar refractivity (Wildman–Crippen MR) is 89.5 cm³/mol. The molecule has 0 fully saturated rings. The summed E-state index contributed by atoms with van der Waals surface area (Å²) in [5, 5.41) is 5.89. The van der Waals surface area contributed by atoms with E-state index in [9.17, 15) is 27.2 Å². The molecule has 3 rings (SSSR count). The Bertz CT molecular complexity index is 875. The molecule has 28 heavy (non-hydrogen) atoms. The number of amides is 1. The van der Waals surface area contributed by atoms with Crippen molar-refractivity contribution in [3.05, 3.63) is 47.0 Å². The van der Waals surface area contributed by atoms with E-state index in [0.717, 1.165) is 18.5 Å². The highest BCUT2D eigenvalue weighted by Crippen LogP contribution is 2.27. The van der Waals surface area contributed by atoms with Crippen molar-refractivity contribution >= 4 is 11.9 Å². The van der Waals surface area contributed by atoms with E-state index in [1.165, 1.54) is 28.9 Å². The number of fused-ring (bicyclic) bond motifs is 1. The molecule has 150 valence electrons. The van der Waals surface area contributed by atoms with Gasteiger partial charge in [-0.05, 0) is 49.9 Å². The third kappa shape index (κ3) is 4.68. The Labute approximate surface area is 157 Å². The summed E-state index contributed by atoms with van der Waals surface area (Å²) in [6.45, 7) is -2.34. The van der Waals surface area contributed by atoms with Crippen molar-refractivity contribution in [3.63, 3.8) is 0 Å². The van der Waals surface area contributed by atoms with Gasteiger partial charge in [-0.15, -0.1) is 0 Å². The molecule has 1 aliphatic carbocycles. The van der Waals surface area contributed by atoms with Crippen LogP contribution < -0.4 is 5.32 Å². The number of rotatable bonds is 5. The number of esters is 1. The van der Waals surface area contributed by atoms with Crippen LogP contribution in [0.15, 0.2) is 24.3 Å². The fraction of sp³-hybridized carbons (Fsp3) is 0.389. The van der Waals surface area contributed by atoms with Crippen molar-refractivity contribution < 1.29 is 31.9 Å². The first-order valence-electron chi connectivity index (χ1n) is 8.62. The van der Waals surface area contributed by atoms with Gasteiger partial charge in [0.1, 0.15) is 12.4 Å². The molecular weight excluding hydrogens is 382 g/mol. The Morgan fingerprint density at radius 2 is 1.82 bits per heavy atom. The molecule has 1 N–H and O–H groups in total. The SMILES string of the molecule is O=C(COC(=O)c1nn(-c2ccc(F)cc2)c2c1CCCC2)NCC(F)(F)F. The fourth-order valence-electron chi connectivity index (χ4n) is 3.01. The summed E-state index contributed by atoms with van der Waals surface area (Å²) >= 11 is 0. The van der Waals surface area contributed by atoms with Gasteiger partial charge < -0.3 is 10.1 Å². The van der Waals surface area contributed by atoms with Crippen molar-refractivity contribution in [2.75, 3.05) is 13.2 Å². The standard InChI is InChI=1S/C18H17F4N3O3/c19-11-5-7-12(8-6-11)25-14-4-2-1-3-13(14)16(24-25)17(27)28-9-15(26)23-10-18(20,21)22/h5-8H,1-4,9-10H2,(H,23,26). The van der Waals surface area contributed by atoms with Crippen molar-refractivity contribution in [1.82, 2.24) is 15.1 Å². The molecule has 2 aromatic rings. The van der Waals surface area contributed by atoms with E-state index in [1.54, 1.807) is 5.32 Å². The predicted octanol–water partition coefficient (Wildman–Crippen LogP) is 2.73. The molecule has 0 bridgehead atoms. The number of aromatic nitrogens is 2. The van der Waals surface area contributed by atoms with Gasteiger partial charge in [-0.25, -0.2) is 13.9 Å². The first-order chi connectivity index (χ1) is 13.2. The molecule has 0 atom stereocenters. The number of ether oxygens (including phenoxy) is 1. The van der Waals surface area contributed by atoms with Crippen LogP contribution in [0.1, 0.15) is 34.6 Å². The lowest BCUT2D eigenvalue weighted by Gasteiger charge is -2.14. The molecule has 10 heteroatoms. The van der Waals surface area contributed by atoms with Crippen LogP contribution in [0.3, 0.4) is 0 Å². The second kappa shape index (κ2) is 7.99. The van der Waals surface area contributed by atoms with Crippen LogP contribution in [0.25, 0.3) is 5.69 Å². The van der Waals surface area contributed by atoms with Crippen LogP contribution in [-0.4, -0.2) is 41.0 Å². The lowest BCUT2D eigenvalue weighted by Crippen LogP contribution is -2.36. The molecule has 0 radical (unpaired) electrons. The maximum Gasteiger partial charge on any atom is 0.405 e. The zero-order chi connectivity index (χ0) is 20.3. The van der Waals surface area contributed by atoms with Crippen LogP contribution in [0, 0.1) is 5.82 Å². The number of carbonyl (C=O) groups excluding carboxylic acids is 2. The topological polar surface area (TPSA) is 73.2 Å². The zero-order valence-corrected chi connectivity index (χ0v) is 14.7. The van der Waals surface area contributed by atoms with E-state index in [0.29, 0.717) is 24.1 Å². The van der Waals surface area contributed by atoms with Crippen LogP contribution in [0.2, 0.25) is 0 Å². The maximum atomic E-state index is 13.2. The Morgan fingerprint density at radius 1 is 1.14 bits per heavy atom. The lowest BCUT2D eigenvalue weighted by molar-refractivity contribution is -0.140.